The third kappa shape index (κ3) is 7.04. The van der Waals surface area contributed by atoms with Gasteiger partial charge in [0.25, 0.3) is 0 Å². The number of rotatable bonds is 6. The van der Waals surface area contributed by atoms with Gasteiger partial charge in [0.15, 0.2) is 5.96 Å². The number of benzene rings is 1. The number of piperidine rings is 1. The van der Waals surface area contributed by atoms with E-state index in [0.717, 1.165) is 45.6 Å². The first-order valence-corrected chi connectivity index (χ1v) is 10.8. The number of likely N-dealkylation sites (tertiary alicyclic amines) is 1. The smallest absolute Gasteiger partial charge is 0.244 e. The van der Waals surface area contributed by atoms with Crippen molar-refractivity contribution in [2.75, 3.05) is 44.2 Å². The Morgan fingerprint density at radius 3 is 2.48 bits per heavy atom. The van der Waals surface area contributed by atoms with E-state index in [1.165, 1.54) is 30.5 Å². The van der Waals surface area contributed by atoms with E-state index in [0.29, 0.717) is 5.96 Å². The first-order chi connectivity index (χ1) is 13.7. The number of amides is 1. The minimum atomic E-state index is 0. The lowest BCUT2D eigenvalue weighted by Gasteiger charge is -2.26. The van der Waals surface area contributed by atoms with E-state index in [-0.39, 0.29) is 42.5 Å². The number of hydrogen-bond donors (Lipinski definition) is 2. The van der Waals surface area contributed by atoms with Crippen LogP contribution >= 0.6 is 24.0 Å². The van der Waals surface area contributed by atoms with Gasteiger partial charge in [-0.2, -0.15) is 0 Å². The minimum absolute atomic E-state index is 0. The maximum atomic E-state index is 12.4. The van der Waals surface area contributed by atoms with Gasteiger partial charge < -0.3 is 20.4 Å². The molecule has 2 saturated heterocycles. The van der Waals surface area contributed by atoms with Gasteiger partial charge >= 0.3 is 0 Å². The maximum Gasteiger partial charge on any atom is 0.244 e. The average Bonchev–Trinajstić information content (AvgIpc) is 3.27. The Balaban J connectivity index is 0.00000300. The summed E-state index contributed by atoms with van der Waals surface area (Å²) in [6.45, 7) is 9.20. The molecule has 2 aliphatic rings. The number of anilines is 1. The molecule has 2 heterocycles. The molecule has 1 aromatic carbocycles. The highest BCUT2D eigenvalue weighted by molar-refractivity contribution is 14.0. The number of nitrogens with one attached hydrogen (secondary N) is 2. The molecule has 1 aromatic rings. The van der Waals surface area contributed by atoms with E-state index in [1.54, 1.807) is 0 Å². The lowest BCUT2D eigenvalue weighted by molar-refractivity contribution is -0.130. The van der Waals surface area contributed by atoms with E-state index in [1.807, 2.05) is 11.8 Å². The predicted octanol–water partition coefficient (Wildman–Crippen LogP) is 3.53. The molecule has 6 nitrogen and oxygen atoms in total. The van der Waals surface area contributed by atoms with Crippen molar-refractivity contribution in [3.8, 4) is 0 Å². The Morgan fingerprint density at radius 1 is 1.10 bits per heavy atom. The topological polar surface area (TPSA) is 60.0 Å². The molecule has 162 valence electrons. The number of halogens is 1. The third-order valence-corrected chi connectivity index (χ3v) is 5.62. The van der Waals surface area contributed by atoms with Gasteiger partial charge in [0, 0.05) is 38.4 Å². The largest absolute Gasteiger partial charge is 0.372 e. The molecule has 0 bridgehead atoms. The molecule has 3 rings (SSSR count). The van der Waals surface area contributed by atoms with Gasteiger partial charge in [-0.25, -0.2) is 4.99 Å². The van der Waals surface area contributed by atoms with Crippen LogP contribution in [0.3, 0.4) is 0 Å². The summed E-state index contributed by atoms with van der Waals surface area (Å²) in [6, 6.07) is 8.86. The molecular formula is C22H36IN5O. The van der Waals surface area contributed by atoms with E-state index in [4.69, 9.17) is 0 Å². The summed E-state index contributed by atoms with van der Waals surface area (Å²) in [5.74, 6) is 0.826. The second kappa shape index (κ2) is 12.2. The summed E-state index contributed by atoms with van der Waals surface area (Å²) < 4.78 is 0. The predicted molar refractivity (Wildman–Crippen MR) is 131 cm³/mol. The van der Waals surface area contributed by atoms with Crippen LogP contribution in [0.25, 0.3) is 0 Å². The van der Waals surface area contributed by atoms with Crippen LogP contribution in [-0.2, 0) is 4.79 Å². The molecule has 0 saturated carbocycles. The summed E-state index contributed by atoms with van der Waals surface area (Å²) in [5, 5.41) is 6.73. The van der Waals surface area contributed by atoms with Crippen LogP contribution in [0, 0.1) is 0 Å². The molecule has 2 aliphatic heterocycles. The number of aliphatic imine (C=N–C) groups is 1. The van der Waals surface area contributed by atoms with Crippen LogP contribution in [0.1, 0.15) is 57.6 Å². The average molecular weight is 513 g/mol. The van der Waals surface area contributed by atoms with Crippen LogP contribution in [0.4, 0.5) is 5.69 Å². The van der Waals surface area contributed by atoms with Gasteiger partial charge in [0.05, 0.1) is 6.04 Å². The van der Waals surface area contributed by atoms with Crippen LogP contribution in [0.5, 0.6) is 0 Å². The Hall–Kier alpha value is -1.51. The Morgan fingerprint density at radius 2 is 1.79 bits per heavy atom. The summed E-state index contributed by atoms with van der Waals surface area (Å²) in [5.41, 5.74) is 2.53. The van der Waals surface area contributed by atoms with Gasteiger partial charge in [-0.3, -0.25) is 4.79 Å². The number of hydrogen-bond acceptors (Lipinski definition) is 3. The van der Waals surface area contributed by atoms with E-state index in [2.05, 4.69) is 51.7 Å². The Bertz CT molecular complexity index is 669. The van der Waals surface area contributed by atoms with Crippen LogP contribution < -0.4 is 15.5 Å². The molecule has 7 heteroatoms. The molecule has 1 amide bonds. The van der Waals surface area contributed by atoms with Gasteiger partial charge in [-0.1, -0.05) is 12.1 Å². The number of nitrogens with zero attached hydrogens (tertiary/aromatic N) is 3. The highest BCUT2D eigenvalue weighted by Crippen LogP contribution is 2.23. The SMILES string of the molecule is CCNC(=NCC(=O)N1CCCCC1)NC(C)c1cccc(N2CCCC2)c1.I. The standard InChI is InChI=1S/C22H35N5O.HI/c1-3-23-22(24-17-21(28)27-14-5-4-6-15-27)25-18(2)19-10-9-11-20(16-19)26-12-7-8-13-26;/h9-11,16,18H,3-8,12-15,17H2,1-2H3,(H2,23,24,25);1H. The van der Waals surface area contributed by atoms with E-state index < -0.39 is 0 Å². The third-order valence-electron chi connectivity index (χ3n) is 5.62. The number of carbonyl (C=O) groups excluding carboxylic acids is 1. The fourth-order valence-corrected chi connectivity index (χ4v) is 3.96. The molecule has 2 fully saturated rings. The normalized spacial score (nSPS) is 18.2. The maximum absolute atomic E-state index is 12.4. The summed E-state index contributed by atoms with van der Waals surface area (Å²) in [4.78, 5) is 21.4. The van der Waals surface area contributed by atoms with Gasteiger partial charge in [0.1, 0.15) is 6.54 Å². The number of carbonyl (C=O) groups is 1. The van der Waals surface area contributed by atoms with Crippen molar-refractivity contribution in [3.05, 3.63) is 29.8 Å². The van der Waals surface area contributed by atoms with E-state index in [9.17, 15) is 4.79 Å². The molecule has 2 N–H and O–H groups in total. The summed E-state index contributed by atoms with van der Waals surface area (Å²) in [7, 11) is 0. The fraction of sp³-hybridized carbons (Fsp3) is 0.636. The van der Waals surface area contributed by atoms with Crippen molar-refractivity contribution in [1.29, 1.82) is 0 Å². The zero-order valence-electron chi connectivity index (χ0n) is 17.8. The van der Waals surface area contributed by atoms with Crippen LogP contribution in [0.2, 0.25) is 0 Å². The zero-order chi connectivity index (χ0) is 19.8. The van der Waals surface area contributed by atoms with Crippen molar-refractivity contribution in [2.45, 2.75) is 52.0 Å². The van der Waals surface area contributed by atoms with Gasteiger partial charge in [0.2, 0.25) is 5.91 Å². The Labute approximate surface area is 192 Å². The highest BCUT2D eigenvalue weighted by Gasteiger charge is 2.17. The van der Waals surface area contributed by atoms with E-state index >= 15 is 0 Å². The monoisotopic (exact) mass is 513 g/mol. The lowest BCUT2D eigenvalue weighted by atomic mass is 10.1. The summed E-state index contributed by atoms with van der Waals surface area (Å²) >= 11 is 0. The first-order valence-electron chi connectivity index (χ1n) is 10.8. The molecule has 0 radical (unpaired) electrons. The van der Waals surface area contributed by atoms with Crippen molar-refractivity contribution in [2.24, 2.45) is 4.99 Å². The van der Waals surface area contributed by atoms with Crippen LogP contribution in [0.15, 0.2) is 29.3 Å². The molecule has 0 aliphatic carbocycles. The van der Waals surface area contributed by atoms with Crippen molar-refractivity contribution in [3.63, 3.8) is 0 Å². The molecule has 29 heavy (non-hydrogen) atoms. The molecule has 1 unspecified atom stereocenters. The van der Waals surface area contributed by atoms with Crippen molar-refractivity contribution >= 4 is 41.5 Å². The molecule has 0 spiro atoms. The second-order valence-electron chi connectivity index (χ2n) is 7.79. The van der Waals surface area contributed by atoms with Crippen LogP contribution in [-0.4, -0.2) is 56.0 Å². The lowest BCUT2D eigenvalue weighted by Crippen LogP contribution is -2.41. The fourth-order valence-electron chi connectivity index (χ4n) is 3.96. The van der Waals surface area contributed by atoms with Crippen molar-refractivity contribution in [1.82, 2.24) is 15.5 Å². The number of guanidine groups is 1. The summed E-state index contributed by atoms with van der Waals surface area (Å²) in [6.07, 6.45) is 6.00. The Kier molecular flexibility index (Phi) is 10.0. The molecular weight excluding hydrogens is 477 g/mol. The first kappa shape index (κ1) is 23.8. The zero-order valence-corrected chi connectivity index (χ0v) is 20.2. The molecule has 1 atom stereocenters. The second-order valence-corrected chi connectivity index (χ2v) is 7.79. The van der Waals surface area contributed by atoms with Gasteiger partial charge in [-0.05, 0) is 63.6 Å². The quantitative estimate of drug-likeness (QED) is 0.347. The minimum Gasteiger partial charge on any atom is -0.372 e. The van der Waals surface area contributed by atoms with Crippen molar-refractivity contribution < 1.29 is 4.79 Å². The highest BCUT2D eigenvalue weighted by atomic mass is 127. The van der Waals surface area contributed by atoms with Gasteiger partial charge in [-0.15, -0.1) is 24.0 Å². The molecule has 0 aromatic heterocycles.